The molecule has 3 amide bonds. The lowest BCUT2D eigenvalue weighted by atomic mass is 9.84. The second-order valence-electron chi connectivity index (χ2n) is 8.89. The Bertz CT molecular complexity index is 515. The van der Waals surface area contributed by atoms with Crippen LogP contribution >= 0.6 is 0 Å². The number of fused-ring (bicyclic) bond motifs is 2. The van der Waals surface area contributed by atoms with Crippen molar-refractivity contribution in [3.05, 3.63) is 0 Å². The van der Waals surface area contributed by atoms with Crippen LogP contribution in [0.1, 0.15) is 64.7 Å². The van der Waals surface area contributed by atoms with E-state index >= 15 is 0 Å². The van der Waals surface area contributed by atoms with E-state index in [1.807, 2.05) is 4.90 Å². The van der Waals surface area contributed by atoms with Crippen molar-refractivity contribution in [2.45, 2.75) is 76.8 Å². The van der Waals surface area contributed by atoms with Crippen LogP contribution in [0.2, 0.25) is 0 Å². The second-order valence-corrected chi connectivity index (χ2v) is 8.89. The summed E-state index contributed by atoms with van der Waals surface area (Å²) in [4.78, 5) is 28.3. The number of rotatable bonds is 3. The SMILES string of the molecule is CC(=O)N1CCC(NC(=O)N2CCC[C@@H]2C[C@H]2C[C@H]3CC[C@H]2C3)CC1. The van der Waals surface area contributed by atoms with Crippen LogP contribution in [0, 0.1) is 17.8 Å². The van der Waals surface area contributed by atoms with Gasteiger partial charge in [0.1, 0.15) is 0 Å². The summed E-state index contributed by atoms with van der Waals surface area (Å²) in [6.07, 6.45) is 11.1. The van der Waals surface area contributed by atoms with Crippen molar-refractivity contribution in [3.8, 4) is 0 Å². The minimum absolute atomic E-state index is 0.145. The fourth-order valence-electron chi connectivity index (χ4n) is 5.96. The third-order valence-corrected chi connectivity index (χ3v) is 7.37. The molecule has 2 bridgehead atoms. The van der Waals surface area contributed by atoms with Gasteiger partial charge in [0.2, 0.25) is 5.91 Å². The molecule has 2 aliphatic carbocycles. The summed E-state index contributed by atoms with van der Waals surface area (Å²) in [5.41, 5.74) is 0. The molecule has 2 heterocycles. The maximum atomic E-state index is 12.8. The number of amides is 3. The zero-order valence-electron chi connectivity index (χ0n) is 15.6. The van der Waals surface area contributed by atoms with Crippen molar-refractivity contribution in [1.29, 1.82) is 0 Å². The van der Waals surface area contributed by atoms with Gasteiger partial charge in [0, 0.05) is 38.6 Å². The van der Waals surface area contributed by atoms with E-state index in [-0.39, 0.29) is 18.0 Å². The predicted molar refractivity (Wildman–Crippen MR) is 97.1 cm³/mol. The maximum absolute atomic E-state index is 12.8. The van der Waals surface area contributed by atoms with Gasteiger partial charge in [-0.3, -0.25) is 4.79 Å². The number of nitrogens with one attached hydrogen (secondary N) is 1. The molecular weight excluding hydrogens is 314 g/mol. The highest BCUT2D eigenvalue weighted by atomic mass is 16.2. The van der Waals surface area contributed by atoms with Gasteiger partial charge in [0.15, 0.2) is 0 Å². The molecule has 0 unspecified atom stereocenters. The summed E-state index contributed by atoms with van der Waals surface area (Å²) < 4.78 is 0. The Kier molecular flexibility index (Phi) is 4.92. The summed E-state index contributed by atoms with van der Waals surface area (Å²) >= 11 is 0. The first-order chi connectivity index (χ1) is 12.1. The monoisotopic (exact) mass is 347 g/mol. The minimum Gasteiger partial charge on any atom is -0.343 e. The standard InChI is InChI=1S/C20H33N3O2/c1-14(24)22-9-6-18(7-10-22)21-20(25)23-8-2-3-19(23)13-17-12-15-4-5-16(17)11-15/h15-19H,2-13H2,1H3,(H,21,25)/t15-,16-,17+,19+/m0/s1. The van der Waals surface area contributed by atoms with Crippen molar-refractivity contribution in [2.24, 2.45) is 17.8 Å². The van der Waals surface area contributed by atoms with Crippen LogP contribution < -0.4 is 5.32 Å². The van der Waals surface area contributed by atoms with E-state index < -0.39 is 0 Å². The van der Waals surface area contributed by atoms with Crippen molar-refractivity contribution in [2.75, 3.05) is 19.6 Å². The van der Waals surface area contributed by atoms with Crippen LogP contribution in [0.4, 0.5) is 4.79 Å². The largest absolute Gasteiger partial charge is 0.343 e. The molecular formula is C20H33N3O2. The lowest BCUT2D eigenvalue weighted by Crippen LogP contribution is -2.51. The van der Waals surface area contributed by atoms with Crippen LogP contribution in [0.3, 0.4) is 0 Å². The van der Waals surface area contributed by atoms with Gasteiger partial charge in [-0.2, -0.15) is 0 Å². The third-order valence-electron chi connectivity index (χ3n) is 7.37. The average molecular weight is 348 g/mol. The van der Waals surface area contributed by atoms with E-state index in [9.17, 15) is 9.59 Å². The molecule has 5 nitrogen and oxygen atoms in total. The van der Waals surface area contributed by atoms with Crippen molar-refractivity contribution >= 4 is 11.9 Å². The zero-order valence-corrected chi connectivity index (χ0v) is 15.6. The van der Waals surface area contributed by atoms with Gasteiger partial charge in [-0.05, 0) is 69.1 Å². The van der Waals surface area contributed by atoms with Gasteiger partial charge in [-0.25, -0.2) is 4.79 Å². The fraction of sp³-hybridized carbons (Fsp3) is 0.900. The molecule has 5 heteroatoms. The first-order valence-electron chi connectivity index (χ1n) is 10.4. The normalized spacial score (nSPS) is 35.4. The van der Waals surface area contributed by atoms with Crippen molar-refractivity contribution in [3.63, 3.8) is 0 Å². The van der Waals surface area contributed by atoms with Gasteiger partial charge >= 0.3 is 6.03 Å². The Morgan fingerprint density at radius 2 is 1.80 bits per heavy atom. The number of nitrogens with zero attached hydrogens (tertiary/aromatic N) is 2. The second kappa shape index (κ2) is 7.16. The van der Waals surface area contributed by atoms with Gasteiger partial charge in [0.05, 0.1) is 0 Å². The number of carbonyl (C=O) groups is 2. The first kappa shape index (κ1) is 17.2. The molecule has 2 saturated heterocycles. The number of piperidine rings is 1. The molecule has 2 saturated carbocycles. The molecule has 4 atom stereocenters. The molecule has 4 aliphatic rings. The Hall–Kier alpha value is -1.26. The first-order valence-corrected chi connectivity index (χ1v) is 10.4. The predicted octanol–water partition coefficient (Wildman–Crippen LogP) is 3.00. The third kappa shape index (κ3) is 3.65. The molecule has 0 aromatic carbocycles. The van der Waals surface area contributed by atoms with E-state index in [1.165, 1.54) is 38.5 Å². The summed E-state index contributed by atoms with van der Waals surface area (Å²) in [7, 11) is 0. The smallest absolute Gasteiger partial charge is 0.317 e. The Labute approximate surface area is 151 Å². The highest BCUT2D eigenvalue weighted by Gasteiger charge is 2.42. The molecule has 2 aliphatic heterocycles. The molecule has 0 spiro atoms. The number of carbonyl (C=O) groups excluding carboxylic acids is 2. The summed E-state index contributed by atoms with van der Waals surface area (Å²) in [6, 6.07) is 0.834. The highest BCUT2D eigenvalue weighted by Crippen LogP contribution is 2.50. The molecule has 0 radical (unpaired) electrons. The van der Waals surface area contributed by atoms with Crippen LogP contribution in [-0.4, -0.2) is 53.5 Å². The molecule has 4 fully saturated rings. The maximum Gasteiger partial charge on any atom is 0.317 e. The van der Waals surface area contributed by atoms with Crippen LogP contribution in [-0.2, 0) is 4.79 Å². The number of likely N-dealkylation sites (tertiary alicyclic amines) is 2. The molecule has 0 aromatic heterocycles. The molecule has 0 aromatic rings. The molecule has 4 rings (SSSR count). The van der Waals surface area contributed by atoms with Crippen molar-refractivity contribution < 1.29 is 9.59 Å². The van der Waals surface area contributed by atoms with E-state index in [1.54, 1.807) is 6.92 Å². The molecule has 140 valence electrons. The Balaban J connectivity index is 1.27. The van der Waals surface area contributed by atoms with Crippen LogP contribution in [0.25, 0.3) is 0 Å². The van der Waals surface area contributed by atoms with Gasteiger partial charge in [-0.15, -0.1) is 0 Å². The quantitative estimate of drug-likeness (QED) is 0.853. The number of hydrogen-bond donors (Lipinski definition) is 1. The summed E-state index contributed by atoms with van der Waals surface area (Å²) in [5.74, 6) is 2.96. The lowest BCUT2D eigenvalue weighted by Gasteiger charge is -2.34. The number of hydrogen-bond acceptors (Lipinski definition) is 2. The van der Waals surface area contributed by atoms with Gasteiger partial charge in [0.25, 0.3) is 0 Å². The number of urea groups is 1. The molecule has 25 heavy (non-hydrogen) atoms. The Morgan fingerprint density at radius 1 is 1.00 bits per heavy atom. The van der Waals surface area contributed by atoms with Crippen LogP contribution in [0.15, 0.2) is 0 Å². The Morgan fingerprint density at radius 3 is 2.44 bits per heavy atom. The molecule has 1 N–H and O–H groups in total. The van der Waals surface area contributed by atoms with E-state index in [0.717, 1.165) is 56.7 Å². The van der Waals surface area contributed by atoms with E-state index in [0.29, 0.717) is 6.04 Å². The fourth-order valence-corrected chi connectivity index (χ4v) is 5.96. The average Bonchev–Trinajstić information content (AvgIpc) is 3.32. The van der Waals surface area contributed by atoms with E-state index in [4.69, 9.17) is 0 Å². The van der Waals surface area contributed by atoms with Gasteiger partial charge in [-0.1, -0.05) is 6.42 Å². The van der Waals surface area contributed by atoms with E-state index in [2.05, 4.69) is 10.2 Å². The van der Waals surface area contributed by atoms with Gasteiger partial charge < -0.3 is 15.1 Å². The zero-order chi connectivity index (χ0) is 17.4. The van der Waals surface area contributed by atoms with Crippen molar-refractivity contribution in [1.82, 2.24) is 15.1 Å². The minimum atomic E-state index is 0.145. The topological polar surface area (TPSA) is 52.7 Å². The summed E-state index contributed by atoms with van der Waals surface area (Å²) in [6.45, 7) is 4.09. The highest BCUT2D eigenvalue weighted by molar-refractivity contribution is 5.75. The lowest BCUT2D eigenvalue weighted by molar-refractivity contribution is -0.129. The van der Waals surface area contributed by atoms with Crippen LogP contribution in [0.5, 0.6) is 0 Å². The summed E-state index contributed by atoms with van der Waals surface area (Å²) in [5, 5.41) is 3.26.